The fourth-order valence-electron chi connectivity index (χ4n) is 2.52. The molecule has 0 N–H and O–H groups in total. The van der Waals surface area contributed by atoms with Gasteiger partial charge in [-0.1, -0.05) is 17.7 Å². The fraction of sp³-hybridized carbons (Fsp3) is 0.333. The number of imidazole rings is 1. The molecule has 0 radical (unpaired) electrons. The van der Waals surface area contributed by atoms with Crippen molar-refractivity contribution < 1.29 is 4.42 Å². The largest absolute Gasteiger partial charge is 0.441 e. The lowest BCUT2D eigenvalue weighted by atomic mass is 10.1. The maximum Gasteiger partial charge on any atom is 0.226 e. The van der Waals surface area contributed by atoms with E-state index in [2.05, 4.69) is 45.5 Å². The SMILES string of the molecule is Cc1cccc(-c2nc(CN(C)CCn3ccnc3)c(C)o2)c1. The molecule has 23 heavy (non-hydrogen) atoms. The van der Waals surface area contributed by atoms with E-state index >= 15 is 0 Å². The van der Waals surface area contributed by atoms with Gasteiger partial charge in [-0.3, -0.25) is 4.90 Å². The van der Waals surface area contributed by atoms with Crippen molar-refractivity contribution in [3.05, 3.63) is 60.0 Å². The van der Waals surface area contributed by atoms with Crippen LogP contribution < -0.4 is 0 Å². The minimum absolute atomic E-state index is 0.698. The quantitative estimate of drug-likeness (QED) is 0.701. The van der Waals surface area contributed by atoms with Crippen LogP contribution in [0.2, 0.25) is 0 Å². The van der Waals surface area contributed by atoms with Crippen molar-refractivity contribution in [3.63, 3.8) is 0 Å². The summed E-state index contributed by atoms with van der Waals surface area (Å²) in [5.41, 5.74) is 3.23. The first-order valence-corrected chi connectivity index (χ1v) is 7.79. The molecule has 0 spiro atoms. The van der Waals surface area contributed by atoms with E-state index in [4.69, 9.17) is 4.42 Å². The molecule has 120 valence electrons. The van der Waals surface area contributed by atoms with Gasteiger partial charge in [0, 0.05) is 37.6 Å². The van der Waals surface area contributed by atoms with Gasteiger partial charge in [0.25, 0.3) is 0 Å². The molecule has 2 aromatic heterocycles. The fourth-order valence-corrected chi connectivity index (χ4v) is 2.52. The number of aryl methyl sites for hydroxylation is 2. The van der Waals surface area contributed by atoms with Gasteiger partial charge >= 0.3 is 0 Å². The van der Waals surface area contributed by atoms with Crippen LogP contribution in [0.5, 0.6) is 0 Å². The number of nitrogens with zero attached hydrogens (tertiary/aromatic N) is 4. The Kier molecular flexibility index (Phi) is 4.57. The molecule has 0 aliphatic heterocycles. The second-order valence-electron chi connectivity index (χ2n) is 5.93. The van der Waals surface area contributed by atoms with E-state index in [1.165, 1.54) is 5.56 Å². The van der Waals surface area contributed by atoms with E-state index in [9.17, 15) is 0 Å². The molecular weight excluding hydrogens is 288 g/mol. The molecule has 0 saturated carbocycles. The maximum atomic E-state index is 5.85. The second-order valence-corrected chi connectivity index (χ2v) is 5.93. The maximum absolute atomic E-state index is 5.85. The summed E-state index contributed by atoms with van der Waals surface area (Å²) in [5.74, 6) is 1.58. The van der Waals surface area contributed by atoms with Crippen LogP contribution in [-0.4, -0.2) is 33.0 Å². The topological polar surface area (TPSA) is 47.1 Å². The molecule has 0 fully saturated rings. The van der Waals surface area contributed by atoms with Crippen LogP contribution in [0.1, 0.15) is 17.0 Å². The van der Waals surface area contributed by atoms with E-state index in [1.807, 2.05) is 31.6 Å². The van der Waals surface area contributed by atoms with Crippen molar-refractivity contribution in [3.8, 4) is 11.5 Å². The second kappa shape index (κ2) is 6.79. The molecule has 0 amide bonds. The zero-order valence-electron chi connectivity index (χ0n) is 13.9. The minimum Gasteiger partial charge on any atom is -0.441 e. The number of likely N-dealkylation sites (N-methyl/N-ethyl adjacent to an activating group) is 1. The molecule has 0 aliphatic rings. The molecule has 3 aromatic rings. The first kappa shape index (κ1) is 15.5. The van der Waals surface area contributed by atoms with Crippen molar-refractivity contribution in [1.29, 1.82) is 0 Å². The molecule has 0 aliphatic carbocycles. The van der Waals surface area contributed by atoms with E-state index in [0.717, 1.165) is 36.7 Å². The Morgan fingerprint density at radius 1 is 1.26 bits per heavy atom. The number of hydrogen-bond donors (Lipinski definition) is 0. The van der Waals surface area contributed by atoms with Crippen molar-refractivity contribution in [2.45, 2.75) is 26.9 Å². The zero-order valence-corrected chi connectivity index (χ0v) is 13.9. The third kappa shape index (κ3) is 3.87. The van der Waals surface area contributed by atoms with Gasteiger partial charge in [0.05, 0.1) is 12.0 Å². The van der Waals surface area contributed by atoms with E-state index < -0.39 is 0 Å². The lowest BCUT2D eigenvalue weighted by Crippen LogP contribution is -2.23. The summed E-state index contributed by atoms with van der Waals surface area (Å²) in [6.07, 6.45) is 5.62. The number of rotatable bonds is 6. The van der Waals surface area contributed by atoms with Crippen LogP contribution in [-0.2, 0) is 13.1 Å². The molecule has 0 bridgehead atoms. The van der Waals surface area contributed by atoms with Crippen LogP contribution in [0.25, 0.3) is 11.5 Å². The smallest absolute Gasteiger partial charge is 0.226 e. The van der Waals surface area contributed by atoms with Crippen LogP contribution in [0.4, 0.5) is 0 Å². The van der Waals surface area contributed by atoms with Gasteiger partial charge in [-0.15, -0.1) is 0 Å². The Labute approximate surface area is 136 Å². The standard InChI is InChI=1S/C18H22N4O/c1-14-5-4-6-16(11-14)18-20-17(15(2)23-18)12-21(3)9-10-22-8-7-19-13-22/h4-8,11,13H,9-10,12H2,1-3H3. The number of oxazole rings is 1. The summed E-state index contributed by atoms with van der Waals surface area (Å²) in [5, 5.41) is 0. The monoisotopic (exact) mass is 310 g/mol. The van der Waals surface area contributed by atoms with E-state index in [-0.39, 0.29) is 0 Å². The van der Waals surface area contributed by atoms with Gasteiger partial charge in [-0.05, 0) is 33.0 Å². The average molecular weight is 310 g/mol. The molecule has 1 aromatic carbocycles. The van der Waals surface area contributed by atoms with Crippen molar-refractivity contribution >= 4 is 0 Å². The summed E-state index contributed by atoms with van der Waals surface area (Å²) in [4.78, 5) is 11.0. The Morgan fingerprint density at radius 3 is 2.87 bits per heavy atom. The predicted octanol–water partition coefficient (Wildman–Crippen LogP) is 3.29. The normalized spacial score (nSPS) is 11.3. The minimum atomic E-state index is 0.698. The summed E-state index contributed by atoms with van der Waals surface area (Å²) in [6, 6.07) is 8.23. The van der Waals surface area contributed by atoms with E-state index in [0.29, 0.717) is 5.89 Å². The molecule has 0 atom stereocenters. The molecule has 0 saturated heterocycles. The highest BCUT2D eigenvalue weighted by molar-refractivity contribution is 5.54. The Balaban J connectivity index is 1.66. The number of hydrogen-bond acceptors (Lipinski definition) is 4. The Hall–Kier alpha value is -2.40. The van der Waals surface area contributed by atoms with Crippen LogP contribution in [0, 0.1) is 13.8 Å². The predicted molar refractivity (Wildman–Crippen MR) is 90.0 cm³/mol. The van der Waals surface area contributed by atoms with Gasteiger partial charge < -0.3 is 8.98 Å². The van der Waals surface area contributed by atoms with Crippen molar-refractivity contribution in [2.75, 3.05) is 13.6 Å². The highest BCUT2D eigenvalue weighted by atomic mass is 16.4. The van der Waals surface area contributed by atoms with Crippen LogP contribution >= 0.6 is 0 Å². The first-order valence-electron chi connectivity index (χ1n) is 7.79. The van der Waals surface area contributed by atoms with Crippen LogP contribution in [0.3, 0.4) is 0 Å². The third-order valence-corrected chi connectivity index (χ3v) is 3.88. The van der Waals surface area contributed by atoms with Gasteiger partial charge in [0.2, 0.25) is 5.89 Å². The molecular formula is C18H22N4O. The Morgan fingerprint density at radius 2 is 2.13 bits per heavy atom. The summed E-state index contributed by atoms with van der Waals surface area (Å²) < 4.78 is 7.93. The van der Waals surface area contributed by atoms with Crippen molar-refractivity contribution in [2.24, 2.45) is 0 Å². The molecule has 0 unspecified atom stereocenters. The van der Waals surface area contributed by atoms with Gasteiger partial charge in [0.15, 0.2) is 0 Å². The molecule has 2 heterocycles. The lowest BCUT2D eigenvalue weighted by Gasteiger charge is -2.15. The summed E-state index contributed by atoms with van der Waals surface area (Å²) in [6.45, 7) is 6.67. The van der Waals surface area contributed by atoms with Gasteiger partial charge in [-0.25, -0.2) is 9.97 Å². The highest BCUT2D eigenvalue weighted by Gasteiger charge is 2.13. The summed E-state index contributed by atoms with van der Waals surface area (Å²) in [7, 11) is 2.09. The number of benzene rings is 1. The third-order valence-electron chi connectivity index (χ3n) is 3.88. The average Bonchev–Trinajstić information content (AvgIpc) is 3.16. The molecule has 3 rings (SSSR count). The van der Waals surface area contributed by atoms with Gasteiger partial charge in [-0.2, -0.15) is 0 Å². The van der Waals surface area contributed by atoms with E-state index in [1.54, 1.807) is 6.20 Å². The first-order chi connectivity index (χ1) is 11.1. The summed E-state index contributed by atoms with van der Waals surface area (Å²) >= 11 is 0. The zero-order chi connectivity index (χ0) is 16.2. The molecule has 5 nitrogen and oxygen atoms in total. The van der Waals surface area contributed by atoms with Crippen LogP contribution in [0.15, 0.2) is 47.4 Å². The van der Waals surface area contributed by atoms with Crippen molar-refractivity contribution in [1.82, 2.24) is 19.4 Å². The van der Waals surface area contributed by atoms with Gasteiger partial charge in [0.1, 0.15) is 5.76 Å². The highest BCUT2D eigenvalue weighted by Crippen LogP contribution is 2.23. The number of aromatic nitrogens is 3. The molecule has 5 heteroatoms. The Bertz CT molecular complexity index is 761. The lowest BCUT2D eigenvalue weighted by molar-refractivity contribution is 0.306.